The topological polar surface area (TPSA) is 84.9 Å². The Morgan fingerprint density at radius 2 is 1.89 bits per heavy atom. The molecule has 4 bridgehead atoms. The van der Waals surface area contributed by atoms with Crippen LogP contribution >= 0.6 is 0 Å². The van der Waals surface area contributed by atoms with Gasteiger partial charge in [-0.2, -0.15) is 0 Å². The highest BCUT2D eigenvalue weighted by Crippen LogP contribution is 2.58. The Hall–Kier alpha value is -1.79. The van der Waals surface area contributed by atoms with Crippen molar-refractivity contribution in [2.75, 3.05) is 7.05 Å². The van der Waals surface area contributed by atoms with Crippen molar-refractivity contribution in [1.82, 2.24) is 10.2 Å². The zero-order chi connectivity index (χ0) is 19.6. The van der Waals surface area contributed by atoms with Crippen LogP contribution in [0.25, 0.3) is 0 Å². The second-order valence-corrected chi connectivity index (χ2v) is 9.67. The largest absolute Gasteiger partial charge is 0.509 e. The summed E-state index contributed by atoms with van der Waals surface area (Å²) in [5, 5.41) is 3.21. The third kappa shape index (κ3) is 2.57. The van der Waals surface area contributed by atoms with Crippen molar-refractivity contribution in [3.8, 4) is 0 Å². The molecule has 0 aromatic rings. The molecule has 2 spiro atoms. The minimum absolute atomic E-state index is 0.00522. The van der Waals surface area contributed by atoms with Gasteiger partial charge in [-0.25, -0.2) is 4.79 Å². The summed E-state index contributed by atoms with van der Waals surface area (Å²) in [6.45, 7) is 5.37. The lowest BCUT2D eigenvalue weighted by Gasteiger charge is -2.64. The highest BCUT2D eigenvalue weighted by atomic mass is 16.7. The number of carbonyl (C=O) groups excluding carboxylic acids is 3. The molecule has 5 atom stereocenters. The molecule has 7 fully saturated rings. The van der Waals surface area contributed by atoms with Gasteiger partial charge in [-0.15, -0.1) is 0 Å². The van der Waals surface area contributed by atoms with Gasteiger partial charge in [0.1, 0.15) is 11.7 Å². The summed E-state index contributed by atoms with van der Waals surface area (Å²) in [4.78, 5) is 40.6. The third-order valence-corrected chi connectivity index (χ3v) is 7.19. The van der Waals surface area contributed by atoms with Crippen LogP contribution in [0.1, 0.15) is 65.7 Å². The molecule has 5 saturated heterocycles. The molecule has 7 rings (SSSR count). The van der Waals surface area contributed by atoms with E-state index in [4.69, 9.17) is 9.47 Å². The van der Waals surface area contributed by atoms with Crippen molar-refractivity contribution in [3.05, 3.63) is 0 Å². The van der Waals surface area contributed by atoms with Crippen LogP contribution in [0.4, 0.5) is 4.79 Å². The zero-order valence-electron chi connectivity index (χ0n) is 16.7. The molecule has 1 N–H and O–H groups in total. The van der Waals surface area contributed by atoms with E-state index in [0.717, 1.165) is 32.1 Å². The van der Waals surface area contributed by atoms with Crippen LogP contribution in [0.3, 0.4) is 0 Å². The predicted octanol–water partition coefficient (Wildman–Crippen LogP) is 2.38. The number of hydrogen-bond donors (Lipinski definition) is 1. The monoisotopic (exact) mass is 378 g/mol. The van der Waals surface area contributed by atoms with Gasteiger partial charge in [0.2, 0.25) is 11.8 Å². The van der Waals surface area contributed by atoms with E-state index in [1.807, 2.05) is 7.05 Å². The Kier molecular flexibility index (Phi) is 4.02. The Labute approximate surface area is 160 Å². The fourth-order valence-corrected chi connectivity index (χ4v) is 6.07. The second-order valence-electron chi connectivity index (χ2n) is 9.67. The minimum Gasteiger partial charge on any atom is -0.429 e. The van der Waals surface area contributed by atoms with E-state index in [2.05, 4.69) is 5.32 Å². The van der Waals surface area contributed by atoms with Crippen LogP contribution in [0.2, 0.25) is 0 Å². The molecule has 0 unspecified atom stereocenters. The highest BCUT2D eigenvalue weighted by molar-refractivity contribution is 5.91. The number of hydrogen-bond acceptors (Lipinski definition) is 5. The van der Waals surface area contributed by atoms with E-state index in [9.17, 15) is 14.4 Å². The maximum absolute atomic E-state index is 13.5. The van der Waals surface area contributed by atoms with Crippen LogP contribution < -0.4 is 5.32 Å². The standard InChI is InChI=1S/C20H30N2O5/c1-18(2,3)27-17(25)26-14-6-5-9-19-10-8-13(22(4)16(19)24)12-7-11-20(14,19)21-15(12)23/h12-14H,5-11H2,1-4H3,(H,21,23)/t12-,13-,14+,19-,20-/m0/s1. The molecule has 5 aliphatic heterocycles. The average Bonchev–Trinajstić information content (AvgIpc) is 2.54. The Morgan fingerprint density at radius 3 is 2.56 bits per heavy atom. The molecule has 2 aliphatic carbocycles. The second kappa shape index (κ2) is 5.85. The van der Waals surface area contributed by atoms with Gasteiger partial charge in [0.05, 0.1) is 16.9 Å². The molecule has 7 nitrogen and oxygen atoms in total. The first-order valence-electron chi connectivity index (χ1n) is 10.1. The minimum atomic E-state index is -0.827. The number of nitrogens with zero attached hydrogens (tertiary/aromatic N) is 1. The molecule has 0 radical (unpaired) electrons. The summed E-state index contributed by atoms with van der Waals surface area (Å²) < 4.78 is 11.1. The smallest absolute Gasteiger partial charge is 0.429 e. The molecular weight excluding hydrogens is 348 g/mol. The van der Waals surface area contributed by atoms with Crippen molar-refractivity contribution < 1.29 is 23.9 Å². The molecule has 2 saturated carbocycles. The van der Waals surface area contributed by atoms with Gasteiger partial charge in [-0.05, 0) is 65.7 Å². The molecule has 7 heteroatoms. The number of rotatable bonds is 1. The van der Waals surface area contributed by atoms with Crippen molar-refractivity contribution in [3.63, 3.8) is 0 Å². The number of amides is 2. The van der Waals surface area contributed by atoms with Crippen molar-refractivity contribution in [2.24, 2.45) is 11.3 Å². The first kappa shape index (κ1) is 18.6. The lowest BCUT2D eigenvalue weighted by atomic mass is 9.50. The van der Waals surface area contributed by atoms with Gasteiger partial charge in [0, 0.05) is 13.1 Å². The Bertz CT molecular complexity index is 686. The molecule has 5 heterocycles. The molecular formula is C20H30N2O5. The zero-order valence-corrected chi connectivity index (χ0v) is 16.7. The maximum Gasteiger partial charge on any atom is 0.509 e. The fourth-order valence-electron chi connectivity index (χ4n) is 6.07. The summed E-state index contributed by atoms with van der Waals surface area (Å²) >= 11 is 0. The predicted molar refractivity (Wildman–Crippen MR) is 96.8 cm³/mol. The van der Waals surface area contributed by atoms with Gasteiger partial charge >= 0.3 is 6.16 Å². The molecule has 0 aromatic heterocycles. The van der Waals surface area contributed by atoms with Gasteiger partial charge in [0.25, 0.3) is 0 Å². The molecule has 27 heavy (non-hydrogen) atoms. The quantitative estimate of drug-likeness (QED) is 0.708. The lowest BCUT2D eigenvalue weighted by Crippen LogP contribution is -2.80. The van der Waals surface area contributed by atoms with E-state index < -0.39 is 28.8 Å². The normalized spacial score (nSPS) is 40.7. The van der Waals surface area contributed by atoms with E-state index >= 15 is 0 Å². The maximum atomic E-state index is 13.5. The number of ether oxygens (including phenoxy) is 2. The fraction of sp³-hybridized carbons (Fsp3) is 0.850. The Morgan fingerprint density at radius 1 is 1.15 bits per heavy atom. The van der Waals surface area contributed by atoms with Gasteiger partial charge in [-0.1, -0.05) is 0 Å². The highest BCUT2D eigenvalue weighted by Gasteiger charge is 2.69. The van der Waals surface area contributed by atoms with E-state index in [-0.39, 0.29) is 23.8 Å². The van der Waals surface area contributed by atoms with Crippen LogP contribution in [0.5, 0.6) is 0 Å². The molecule has 0 aromatic carbocycles. The summed E-state index contributed by atoms with van der Waals surface area (Å²) in [6.07, 6.45) is 3.85. The van der Waals surface area contributed by atoms with Crippen LogP contribution in [-0.4, -0.2) is 53.2 Å². The SMILES string of the molecule is CN1C(=O)[C@@]23CCC[C@@H](OC(=O)OC(C)(C)C)[C@@]24CC[C@H](C(=O)N4)[C@@H]1CC3. The number of nitrogens with one attached hydrogen (secondary N) is 1. The van der Waals surface area contributed by atoms with Crippen molar-refractivity contribution >= 4 is 18.0 Å². The Balaban J connectivity index is 1.73. The van der Waals surface area contributed by atoms with E-state index in [1.54, 1.807) is 25.7 Å². The van der Waals surface area contributed by atoms with Crippen LogP contribution in [-0.2, 0) is 19.1 Å². The summed E-state index contributed by atoms with van der Waals surface area (Å²) in [6, 6.07) is -0.0198. The first-order valence-corrected chi connectivity index (χ1v) is 10.1. The number of piperidine rings is 2. The summed E-state index contributed by atoms with van der Waals surface area (Å²) in [5.74, 6) is -0.0812. The van der Waals surface area contributed by atoms with Gasteiger partial charge in [-0.3, -0.25) is 9.59 Å². The van der Waals surface area contributed by atoms with Crippen molar-refractivity contribution in [1.29, 1.82) is 0 Å². The lowest BCUT2D eigenvalue weighted by molar-refractivity contribution is -0.192. The molecule has 150 valence electrons. The van der Waals surface area contributed by atoms with Gasteiger partial charge in [0.15, 0.2) is 0 Å². The summed E-state index contributed by atoms with van der Waals surface area (Å²) in [5.41, 5.74) is -2.17. The van der Waals surface area contributed by atoms with E-state index in [1.165, 1.54) is 0 Å². The van der Waals surface area contributed by atoms with E-state index in [0.29, 0.717) is 12.8 Å². The molecule has 7 aliphatic rings. The summed E-state index contributed by atoms with van der Waals surface area (Å²) in [7, 11) is 1.83. The van der Waals surface area contributed by atoms with Crippen LogP contribution in [0, 0.1) is 11.3 Å². The van der Waals surface area contributed by atoms with Crippen LogP contribution in [0.15, 0.2) is 0 Å². The molecule has 2 amide bonds. The average molecular weight is 378 g/mol. The van der Waals surface area contributed by atoms with Crippen molar-refractivity contribution in [2.45, 2.75) is 89.0 Å². The van der Waals surface area contributed by atoms with Gasteiger partial charge < -0.3 is 19.7 Å². The third-order valence-electron chi connectivity index (χ3n) is 7.19. The first-order chi connectivity index (χ1) is 12.6. The number of carbonyl (C=O) groups is 3.